The van der Waals surface area contributed by atoms with Crippen molar-refractivity contribution >= 4 is 5.97 Å². The molecule has 0 N–H and O–H groups in total. The molecule has 1 aliphatic rings. The number of rotatable bonds is 4. The van der Waals surface area contributed by atoms with Gasteiger partial charge in [0.15, 0.2) is 6.10 Å². The van der Waals surface area contributed by atoms with E-state index in [2.05, 4.69) is 11.1 Å². The first-order chi connectivity index (χ1) is 11.2. The number of hydrogen-bond acceptors (Lipinski definition) is 3. The molecule has 0 unspecified atom stereocenters. The predicted molar refractivity (Wildman–Crippen MR) is 85.1 cm³/mol. The summed E-state index contributed by atoms with van der Waals surface area (Å²) in [6, 6.07) is 11.5. The molecule has 3 rings (SSSR count). The van der Waals surface area contributed by atoms with E-state index in [0.29, 0.717) is 17.7 Å². The van der Waals surface area contributed by atoms with Crippen molar-refractivity contribution in [2.24, 2.45) is 5.92 Å². The molecule has 2 aromatic rings. The number of halogens is 1. The lowest BCUT2D eigenvalue weighted by Gasteiger charge is -2.22. The fourth-order valence-corrected chi connectivity index (χ4v) is 2.72. The van der Waals surface area contributed by atoms with Crippen LogP contribution in [0.15, 0.2) is 60.8 Å². The van der Waals surface area contributed by atoms with Crippen molar-refractivity contribution < 1.29 is 13.9 Å². The normalized spacial score (nSPS) is 18.4. The second kappa shape index (κ2) is 7.18. The Labute approximate surface area is 134 Å². The molecule has 1 aromatic heterocycles. The molecule has 1 aromatic carbocycles. The third-order valence-electron chi connectivity index (χ3n) is 3.94. The number of benzene rings is 1. The monoisotopic (exact) mass is 311 g/mol. The quantitative estimate of drug-likeness (QED) is 0.627. The highest BCUT2D eigenvalue weighted by molar-refractivity contribution is 5.73. The van der Waals surface area contributed by atoms with E-state index in [0.717, 1.165) is 12.8 Å². The topological polar surface area (TPSA) is 39.2 Å². The molecule has 0 amide bonds. The van der Waals surface area contributed by atoms with Gasteiger partial charge in [-0.15, -0.1) is 0 Å². The summed E-state index contributed by atoms with van der Waals surface area (Å²) in [5, 5.41) is 0. The molecule has 0 radical (unpaired) electrons. The molecule has 4 heteroatoms. The third kappa shape index (κ3) is 3.83. The number of nitrogens with zero attached hydrogens (tertiary/aromatic N) is 1. The van der Waals surface area contributed by atoms with E-state index in [1.165, 1.54) is 12.1 Å². The van der Waals surface area contributed by atoms with E-state index in [1.54, 1.807) is 30.5 Å². The van der Waals surface area contributed by atoms with Crippen LogP contribution in [0.2, 0.25) is 0 Å². The highest BCUT2D eigenvalue weighted by Crippen LogP contribution is 2.28. The summed E-state index contributed by atoms with van der Waals surface area (Å²) < 4.78 is 19.3. The minimum absolute atomic E-state index is 0.139. The largest absolute Gasteiger partial charge is 0.451 e. The van der Waals surface area contributed by atoms with Gasteiger partial charge in [-0.2, -0.15) is 0 Å². The maximum absolute atomic E-state index is 13.6. The van der Waals surface area contributed by atoms with Crippen LogP contribution < -0.4 is 0 Å². The number of aromatic nitrogens is 1. The van der Waals surface area contributed by atoms with E-state index in [-0.39, 0.29) is 17.7 Å². The van der Waals surface area contributed by atoms with Crippen molar-refractivity contribution in [1.82, 2.24) is 4.98 Å². The van der Waals surface area contributed by atoms with Gasteiger partial charge < -0.3 is 4.74 Å². The molecule has 0 spiro atoms. The smallest absolute Gasteiger partial charge is 0.310 e. The molecule has 23 heavy (non-hydrogen) atoms. The van der Waals surface area contributed by atoms with Crippen molar-refractivity contribution in [3.63, 3.8) is 0 Å². The van der Waals surface area contributed by atoms with Gasteiger partial charge in [-0.05, 0) is 43.5 Å². The van der Waals surface area contributed by atoms with Gasteiger partial charge in [0.05, 0.1) is 11.6 Å². The zero-order valence-electron chi connectivity index (χ0n) is 12.7. The number of hydrogen-bond donors (Lipinski definition) is 0. The molecule has 2 atom stereocenters. The molecule has 118 valence electrons. The maximum atomic E-state index is 13.6. The van der Waals surface area contributed by atoms with Gasteiger partial charge in [0.2, 0.25) is 0 Å². The van der Waals surface area contributed by atoms with Crippen LogP contribution in [-0.4, -0.2) is 11.0 Å². The fraction of sp³-hybridized carbons (Fsp3) is 0.263. The second-order valence-corrected chi connectivity index (χ2v) is 5.61. The first-order valence-corrected chi connectivity index (χ1v) is 7.76. The lowest BCUT2D eigenvalue weighted by Crippen LogP contribution is -2.22. The van der Waals surface area contributed by atoms with Gasteiger partial charge in [0.25, 0.3) is 0 Å². The van der Waals surface area contributed by atoms with Crippen molar-refractivity contribution in [3.8, 4) is 0 Å². The van der Waals surface area contributed by atoms with E-state index in [9.17, 15) is 9.18 Å². The Morgan fingerprint density at radius 1 is 1.22 bits per heavy atom. The molecule has 3 nitrogen and oxygen atoms in total. The van der Waals surface area contributed by atoms with E-state index in [4.69, 9.17) is 4.74 Å². The summed E-state index contributed by atoms with van der Waals surface area (Å²) in [4.78, 5) is 16.7. The summed E-state index contributed by atoms with van der Waals surface area (Å²) in [5.41, 5.74) is 1.18. The number of carbonyl (C=O) groups excluding carboxylic acids is 1. The van der Waals surface area contributed by atoms with Crippen LogP contribution in [0, 0.1) is 11.7 Å². The lowest BCUT2D eigenvalue weighted by molar-refractivity contribution is -0.153. The number of carbonyl (C=O) groups is 1. The summed E-state index contributed by atoms with van der Waals surface area (Å²) in [6.07, 6.45) is 7.39. The van der Waals surface area contributed by atoms with Gasteiger partial charge in [-0.3, -0.25) is 9.78 Å². The zero-order valence-corrected chi connectivity index (χ0v) is 12.7. The molecular formula is C19H18FNO2. The summed E-state index contributed by atoms with van der Waals surface area (Å²) in [6.45, 7) is 0. The van der Waals surface area contributed by atoms with Gasteiger partial charge in [-0.1, -0.05) is 30.4 Å². The Bertz CT molecular complexity index is 700. The van der Waals surface area contributed by atoms with Gasteiger partial charge >= 0.3 is 5.97 Å². The highest BCUT2D eigenvalue weighted by Gasteiger charge is 2.26. The third-order valence-corrected chi connectivity index (χ3v) is 3.94. The first-order valence-electron chi connectivity index (χ1n) is 7.76. The highest BCUT2D eigenvalue weighted by atomic mass is 19.1. The van der Waals surface area contributed by atoms with Crippen LogP contribution in [0.5, 0.6) is 0 Å². The Kier molecular flexibility index (Phi) is 4.81. The standard InChI is InChI=1S/C19H18FNO2/c20-16-10-6-9-15(13-16)18(17-11-4-5-12-21-17)23-19(22)14-7-2-1-3-8-14/h1-2,4-6,9-14,18H,3,7-8H2/t14-,18-/m1/s1. The molecule has 0 aliphatic heterocycles. The molecule has 0 fully saturated rings. The minimum atomic E-state index is -0.690. The maximum Gasteiger partial charge on any atom is 0.310 e. The van der Waals surface area contributed by atoms with Crippen LogP contribution in [-0.2, 0) is 9.53 Å². The van der Waals surface area contributed by atoms with Crippen LogP contribution in [0.4, 0.5) is 4.39 Å². The number of ether oxygens (including phenoxy) is 1. The van der Waals surface area contributed by atoms with E-state index in [1.807, 2.05) is 12.1 Å². The average molecular weight is 311 g/mol. The van der Waals surface area contributed by atoms with Crippen molar-refractivity contribution in [1.29, 1.82) is 0 Å². The van der Waals surface area contributed by atoms with Gasteiger partial charge in [-0.25, -0.2) is 4.39 Å². The van der Waals surface area contributed by atoms with E-state index < -0.39 is 6.10 Å². The summed E-state index contributed by atoms with van der Waals surface area (Å²) in [7, 11) is 0. The first kappa shape index (κ1) is 15.4. The minimum Gasteiger partial charge on any atom is -0.451 e. The SMILES string of the molecule is O=C(O[C@H](c1cccc(F)c1)c1ccccn1)[C@@H]1CC=CCC1. The van der Waals surface area contributed by atoms with Crippen molar-refractivity contribution in [2.45, 2.75) is 25.4 Å². The predicted octanol–water partition coefficient (Wildman–Crippen LogP) is 4.21. The van der Waals surface area contributed by atoms with Crippen molar-refractivity contribution in [3.05, 3.63) is 77.9 Å². The average Bonchev–Trinajstić information content (AvgIpc) is 2.61. The van der Waals surface area contributed by atoms with E-state index >= 15 is 0 Å². The number of pyridine rings is 1. The Hall–Kier alpha value is -2.49. The Morgan fingerprint density at radius 2 is 2.13 bits per heavy atom. The molecule has 0 bridgehead atoms. The second-order valence-electron chi connectivity index (χ2n) is 5.61. The number of allylic oxidation sites excluding steroid dienone is 2. The Morgan fingerprint density at radius 3 is 2.83 bits per heavy atom. The Balaban J connectivity index is 1.86. The van der Waals surface area contributed by atoms with Crippen LogP contribution >= 0.6 is 0 Å². The summed E-state index contributed by atoms with van der Waals surface area (Å²) in [5.74, 6) is -0.755. The van der Waals surface area contributed by atoms with Gasteiger partial charge in [0.1, 0.15) is 5.82 Å². The fourth-order valence-electron chi connectivity index (χ4n) is 2.72. The molecule has 0 saturated heterocycles. The molecule has 1 aliphatic carbocycles. The zero-order chi connectivity index (χ0) is 16.1. The van der Waals surface area contributed by atoms with Crippen LogP contribution in [0.3, 0.4) is 0 Å². The molecule has 1 heterocycles. The molecule has 0 saturated carbocycles. The lowest BCUT2D eigenvalue weighted by atomic mass is 9.94. The van der Waals surface area contributed by atoms with Crippen molar-refractivity contribution in [2.75, 3.05) is 0 Å². The number of esters is 1. The molecular weight excluding hydrogens is 293 g/mol. The van der Waals surface area contributed by atoms with Crippen LogP contribution in [0.25, 0.3) is 0 Å². The van der Waals surface area contributed by atoms with Crippen LogP contribution in [0.1, 0.15) is 36.6 Å². The summed E-state index contributed by atoms with van der Waals surface area (Å²) >= 11 is 0. The van der Waals surface area contributed by atoms with Gasteiger partial charge in [0, 0.05) is 11.8 Å².